The molecule has 5 nitrogen and oxygen atoms in total. The molecular formula is C24H19BrN4O. The predicted octanol–water partition coefficient (Wildman–Crippen LogP) is 5.71. The van der Waals surface area contributed by atoms with E-state index in [2.05, 4.69) is 26.5 Å². The normalized spacial score (nSPS) is 11.9. The molecule has 0 amide bonds. The first kappa shape index (κ1) is 19.8. The largest absolute Gasteiger partial charge is 0.507 e. The van der Waals surface area contributed by atoms with E-state index in [1.165, 1.54) is 0 Å². The van der Waals surface area contributed by atoms with Gasteiger partial charge in [0.1, 0.15) is 11.4 Å². The third-order valence-corrected chi connectivity index (χ3v) is 4.97. The van der Waals surface area contributed by atoms with Gasteiger partial charge in [0.2, 0.25) is 0 Å². The number of aromatic nitrogens is 1. The third-order valence-electron chi connectivity index (χ3n) is 4.48. The highest BCUT2D eigenvalue weighted by molar-refractivity contribution is 9.10. The number of nitrogens with zero attached hydrogens (tertiary/aromatic N) is 3. The van der Waals surface area contributed by atoms with E-state index in [0.29, 0.717) is 17.1 Å². The number of fused-ring (bicyclic) bond motifs is 1. The number of hydrogen-bond donors (Lipinski definition) is 2. The van der Waals surface area contributed by atoms with Gasteiger partial charge in [0, 0.05) is 15.4 Å². The second kappa shape index (κ2) is 8.88. The summed E-state index contributed by atoms with van der Waals surface area (Å²) in [4.78, 5) is 9.43. The third kappa shape index (κ3) is 4.72. The quantitative estimate of drug-likeness (QED) is 0.233. The molecule has 148 valence electrons. The number of phenolic OH excluding ortho intramolecular Hbond substituents is 1. The van der Waals surface area contributed by atoms with E-state index in [1.807, 2.05) is 67.6 Å². The number of amidine groups is 1. The second-order valence-corrected chi connectivity index (χ2v) is 7.67. The number of aromatic hydroxyl groups is 1. The van der Waals surface area contributed by atoms with E-state index in [4.69, 9.17) is 9.98 Å². The molecule has 0 radical (unpaired) electrons. The number of hydrazone groups is 1. The van der Waals surface area contributed by atoms with Crippen molar-refractivity contribution >= 4 is 44.6 Å². The lowest BCUT2D eigenvalue weighted by Crippen LogP contribution is -2.20. The molecule has 2 N–H and O–H groups in total. The maximum Gasteiger partial charge on any atom is 0.173 e. The number of nitrogens with one attached hydrogen (secondary N) is 1. The van der Waals surface area contributed by atoms with Crippen molar-refractivity contribution in [2.24, 2.45) is 10.1 Å². The Balaban J connectivity index is 1.70. The van der Waals surface area contributed by atoms with Crippen LogP contribution < -0.4 is 5.43 Å². The molecule has 0 aliphatic rings. The fourth-order valence-electron chi connectivity index (χ4n) is 2.88. The molecule has 4 aromatic rings. The minimum absolute atomic E-state index is 0.143. The summed E-state index contributed by atoms with van der Waals surface area (Å²) in [6, 6.07) is 24.9. The SMILES string of the molecule is Cc1ccc(N=C(N/N=C/c2cc(Br)ccc2O)c2ccc3ccccc3n2)cc1. The van der Waals surface area contributed by atoms with Gasteiger partial charge in [-0.2, -0.15) is 5.10 Å². The summed E-state index contributed by atoms with van der Waals surface area (Å²) < 4.78 is 0.853. The van der Waals surface area contributed by atoms with Crippen LogP contribution in [0, 0.1) is 6.92 Å². The van der Waals surface area contributed by atoms with Crippen molar-refractivity contribution in [1.82, 2.24) is 10.4 Å². The first-order valence-corrected chi connectivity index (χ1v) is 10.2. The topological polar surface area (TPSA) is 69.9 Å². The Labute approximate surface area is 183 Å². The predicted molar refractivity (Wildman–Crippen MR) is 126 cm³/mol. The van der Waals surface area contributed by atoms with Gasteiger partial charge in [-0.3, -0.25) is 5.43 Å². The molecule has 0 bridgehead atoms. The van der Waals surface area contributed by atoms with Gasteiger partial charge >= 0.3 is 0 Å². The van der Waals surface area contributed by atoms with Crippen LogP contribution in [0.25, 0.3) is 10.9 Å². The number of para-hydroxylation sites is 1. The highest BCUT2D eigenvalue weighted by atomic mass is 79.9. The molecule has 0 unspecified atom stereocenters. The molecular weight excluding hydrogens is 440 g/mol. The van der Waals surface area contributed by atoms with Crippen LogP contribution in [-0.4, -0.2) is 22.1 Å². The number of phenols is 1. The first-order valence-electron chi connectivity index (χ1n) is 9.37. The molecule has 0 spiro atoms. The standard InChI is InChI=1S/C24H19BrN4O/c1-16-6-10-20(11-7-16)27-24(22-12-8-17-4-2-3-5-21(17)28-22)29-26-15-18-14-19(25)9-13-23(18)30/h2-15,30H,1H3,(H,27,29)/b26-15+. The molecule has 0 aliphatic heterocycles. The highest BCUT2D eigenvalue weighted by Crippen LogP contribution is 2.20. The van der Waals surface area contributed by atoms with Crippen molar-refractivity contribution in [3.8, 4) is 5.75 Å². The van der Waals surface area contributed by atoms with Crippen molar-refractivity contribution in [2.45, 2.75) is 6.92 Å². The zero-order valence-corrected chi connectivity index (χ0v) is 17.8. The molecule has 4 rings (SSSR count). The molecule has 3 aromatic carbocycles. The number of pyridine rings is 1. The van der Waals surface area contributed by atoms with Crippen LogP contribution in [0.4, 0.5) is 5.69 Å². The van der Waals surface area contributed by atoms with E-state index in [0.717, 1.165) is 26.6 Å². The van der Waals surface area contributed by atoms with Gasteiger partial charge in [-0.1, -0.05) is 57.9 Å². The van der Waals surface area contributed by atoms with Crippen molar-refractivity contribution in [3.63, 3.8) is 0 Å². The van der Waals surface area contributed by atoms with Crippen LogP contribution >= 0.6 is 15.9 Å². The lowest BCUT2D eigenvalue weighted by molar-refractivity contribution is 0.474. The van der Waals surface area contributed by atoms with Gasteiger partial charge in [0.25, 0.3) is 0 Å². The van der Waals surface area contributed by atoms with E-state index in [9.17, 15) is 5.11 Å². The lowest BCUT2D eigenvalue weighted by Gasteiger charge is -2.08. The van der Waals surface area contributed by atoms with Gasteiger partial charge in [0.05, 0.1) is 17.4 Å². The van der Waals surface area contributed by atoms with Gasteiger partial charge in [-0.05, 0) is 49.4 Å². The Kier molecular flexibility index (Phi) is 5.86. The van der Waals surface area contributed by atoms with Crippen LogP contribution in [-0.2, 0) is 0 Å². The number of halogens is 1. The number of rotatable bonds is 4. The van der Waals surface area contributed by atoms with Gasteiger partial charge in [0.15, 0.2) is 5.84 Å². The number of hydrogen-bond acceptors (Lipinski definition) is 4. The Morgan fingerprint density at radius 1 is 1.00 bits per heavy atom. The summed E-state index contributed by atoms with van der Waals surface area (Å²) in [5.41, 5.74) is 7.07. The fourth-order valence-corrected chi connectivity index (χ4v) is 3.26. The first-order chi connectivity index (χ1) is 14.6. The van der Waals surface area contributed by atoms with Gasteiger partial charge in [-0.25, -0.2) is 9.98 Å². The highest BCUT2D eigenvalue weighted by Gasteiger charge is 2.07. The summed E-state index contributed by atoms with van der Waals surface area (Å²) in [5.74, 6) is 0.653. The van der Waals surface area contributed by atoms with Crippen LogP contribution in [0.3, 0.4) is 0 Å². The zero-order chi connectivity index (χ0) is 20.9. The monoisotopic (exact) mass is 458 g/mol. The van der Waals surface area contributed by atoms with Crippen molar-refractivity contribution in [2.75, 3.05) is 0 Å². The summed E-state index contributed by atoms with van der Waals surface area (Å²) >= 11 is 3.40. The van der Waals surface area contributed by atoms with Gasteiger partial charge in [-0.15, -0.1) is 0 Å². The average Bonchev–Trinajstić information content (AvgIpc) is 2.76. The summed E-state index contributed by atoms with van der Waals surface area (Å²) in [7, 11) is 0. The van der Waals surface area contributed by atoms with E-state index < -0.39 is 0 Å². The van der Waals surface area contributed by atoms with Crippen molar-refractivity contribution < 1.29 is 5.11 Å². The Morgan fingerprint density at radius 2 is 1.80 bits per heavy atom. The molecule has 1 heterocycles. The maximum atomic E-state index is 10.0. The van der Waals surface area contributed by atoms with Crippen LogP contribution in [0.2, 0.25) is 0 Å². The molecule has 0 saturated heterocycles. The second-order valence-electron chi connectivity index (χ2n) is 6.76. The molecule has 1 aromatic heterocycles. The van der Waals surface area contributed by atoms with Crippen LogP contribution in [0.15, 0.2) is 93.4 Å². The molecule has 0 atom stereocenters. The lowest BCUT2D eigenvalue weighted by atomic mass is 10.2. The fraction of sp³-hybridized carbons (Fsp3) is 0.0417. The Hall–Kier alpha value is -3.51. The minimum Gasteiger partial charge on any atom is -0.507 e. The zero-order valence-electron chi connectivity index (χ0n) is 16.2. The molecule has 0 fully saturated rings. The van der Waals surface area contributed by atoms with Crippen molar-refractivity contribution in [3.05, 3.63) is 100 Å². The number of benzene rings is 3. The Bertz CT molecular complexity index is 1250. The average molecular weight is 459 g/mol. The number of aliphatic imine (C=N–C) groups is 1. The van der Waals surface area contributed by atoms with Crippen molar-refractivity contribution in [1.29, 1.82) is 0 Å². The number of aryl methyl sites for hydroxylation is 1. The summed E-state index contributed by atoms with van der Waals surface area (Å²) in [5, 5.41) is 15.4. The maximum absolute atomic E-state index is 10.0. The van der Waals surface area contributed by atoms with Crippen LogP contribution in [0.1, 0.15) is 16.8 Å². The smallest absolute Gasteiger partial charge is 0.173 e. The Morgan fingerprint density at radius 3 is 2.63 bits per heavy atom. The van der Waals surface area contributed by atoms with E-state index in [-0.39, 0.29) is 5.75 Å². The molecule has 6 heteroatoms. The van der Waals surface area contributed by atoms with Gasteiger partial charge < -0.3 is 5.11 Å². The van der Waals surface area contributed by atoms with E-state index in [1.54, 1.807) is 24.4 Å². The molecule has 0 aliphatic carbocycles. The molecule has 30 heavy (non-hydrogen) atoms. The summed E-state index contributed by atoms with van der Waals surface area (Å²) in [6.45, 7) is 2.03. The van der Waals surface area contributed by atoms with Crippen LogP contribution in [0.5, 0.6) is 5.75 Å². The minimum atomic E-state index is 0.143. The molecule has 0 saturated carbocycles. The summed E-state index contributed by atoms with van der Waals surface area (Å²) in [6.07, 6.45) is 1.55. The van der Waals surface area contributed by atoms with E-state index >= 15 is 0 Å².